The number of benzene rings is 8. The number of para-hydroxylation sites is 6. The van der Waals surface area contributed by atoms with Gasteiger partial charge in [-0.1, -0.05) is 121 Å². The Balaban J connectivity index is 0.959. The highest BCUT2D eigenvalue weighted by molar-refractivity contribution is 6.10. The van der Waals surface area contributed by atoms with E-state index in [0.717, 1.165) is 62.8 Å². The summed E-state index contributed by atoms with van der Waals surface area (Å²) < 4.78 is 6.93. The first kappa shape index (κ1) is 32.9. The first-order valence-electron chi connectivity index (χ1n) is 19.6. The van der Waals surface area contributed by atoms with Crippen LogP contribution in [0.5, 0.6) is 0 Å². The van der Waals surface area contributed by atoms with Crippen molar-refractivity contribution in [2.45, 2.75) is 13.5 Å². The van der Waals surface area contributed by atoms with Gasteiger partial charge in [-0.3, -0.25) is 9.13 Å². The van der Waals surface area contributed by atoms with E-state index in [1.807, 2.05) is 12.1 Å². The molecule has 0 aliphatic carbocycles. The van der Waals surface area contributed by atoms with Crippen LogP contribution in [-0.4, -0.2) is 23.7 Å². The molecule has 8 aromatic carbocycles. The van der Waals surface area contributed by atoms with Crippen LogP contribution in [-0.2, 0) is 6.54 Å². The second kappa shape index (κ2) is 13.4. The predicted molar refractivity (Wildman–Crippen MR) is 236 cm³/mol. The van der Waals surface area contributed by atoms with Crippen molar-refractivity contribution in [1.29, 1.82) is 0 Å². The van der Waals surface area contributed by atoms with Gasteiger partial charge in [0.2, 0.25) is 0 Å². The molecule has 11 aromatic rings. The monoisotopic (exact) mass is 731 g/mol. The minimum Gasteiger partial charge on any atom is -0.341 e. The van der Waals surface area contributed by atoms with Gasteiger partial charge in [-0.2, -0.15) is 0 Å². The lowest BCUT2D eigenvalue weighted by Gasteiger charge is -2.10. The van der Waals surface area contributed by atoms with E-state index in [4.69, 9.17) is 9.97 Å². The van der Waals surface area contributed by atoms with Crippen molar-refractivity contribution in [2.75, 3.05) is 0 Å². The minimum atomic E-state index is 0.896. The Morgan fingerprint density at radius 3 is 1.14 bits per heavy atom. The third-order valence-corrected chi connectivity index (χ3v) is 11.3. The number of hydrogen-bond acceptors (Lipinski definition) is 2. The van der Waals surface area contributed by atoms with E-state index in [0.29, 0.717) is 0 Å². The average molecular weight is 732 g/mol. The third kappa shape index (κ3) is 5.47. The Bertz CT molecular complexity index is 3020. The average Bonchev–Trinajstić information content (AvgIpc) is 3.97. The lowest BCUT2D eigenvalue weighted by Crippen LogP contribution is -1.97. The fourth-order valence-electron chi connectivity index (χ4n) is 8.54. The van der Waals surface area contributed by atoms with E-state index >= 15 is 0 Å². The molecule has 57 heavy (non-hydrogen) atoms. The Hall–Kier alpha value is -7.50. The van der Waals surface area contributed by atoms with E-state index in [-0.39, 0.29) is 0 Å². The molecule has 0 aliphatic rings. The summed E-state index contributed by atoms with van der Waals surface area (Å²) in [4.78, 5) is 10.2. The number of fused-ring (bicyclic) bond motifs is 5. The highest BCUT2D eigenvalue weighted by atomic mass is 15.1. The Kier molecular flexibility index (Phi) is 7.71. The molecular formula is C52H37N5. The van der Waals surface area contributed by atoms with E-state index in [1.165, 1.54) is 44.1 Å². The molecule has 3 heterocycles. The first-order chi connectivity index (χ1) is 28.2. The van der Waals surface area contributed by atoms with Crippen LogP contribution in [0.3, 0.4) is 0 Å². The van der Waals surface area contributed by atoms with E-state index in [9.17, 15) is 0 Å². The zero-order valence-corrected chi connectivity index (χ0v) is 31.4. The summed E-state index contributed by atoms with van der Waals surface area (Å²) >= 11 is 0. The topological polar surface area (TPSA) is 40.6 Å². The Morgan fingerprint density at radius 2 is 0.719 bits per heavy atom. The molecule has 5 heteroatoms. The van der Waals surface area contributed by atoms with Crippen LogP contribution in [0.25, 0.3) is 100 Å². The van der Waals surface area contributed by atoms with Crippen molar-refractivity contribution in [3.05, 3.63) is 194 Å². The highest BCUT2D eigenvalue weighted by Gasteiger charge is 2.17. The van der Waals surface area contributed by atoms with Crippen molar-refractivity contribution < 1.29 is 0 Å². The summed E-state index contributed by atoms with van der Waals surface area (Å²) in [5.74, 6) is 1.87. The molecule has 0 aliphatic heterocycles. The maximum Gasteiger partial charge on any atom is 0.145 e. The number of aryl methyl sites for hydroxylation is 1. The van der Waals surface area contributed by atoms with Crippen LogP contribution in [0.2, 0.25) is 0 Å². The fourth-order valence-corrected chi connectivity index (χ4v) is 8.54. The van der Waals surface area contributed by atoms with Gasteiger partial charge < -0.3 is 4.57 Å². The normalized spacial score (nSPS) is 11.7. The van der Waals surface area contributed by atoms with E-state index in [1.54, 1.807) is 0 Å². The molecule has 0 radical (unpaired) electrons. The van der Waals surface area contributed by atoms with Crippen LogP contribution in [0.1, 0.15) is 6.92 Å². The molecule has 0 atom stereocenters. The number of hydrogen-bond donors (Lipinski definition) is 0. The molecule has 5 nitrogen and oxygen atoms in total. The van der Waals surface area contributed by atoms with Gasteiger partial charge in [-0.15, -0.1) is 0 Å². The van der Waals surface area contributed by atoms with Gasteiger partial charge in [-0.25, -0.2) is 9.97 Å². The highest BCUT2D eigenvalue weighted by Crippen LogP contribution is 2.37. The van der Waals surface area contributed by atoms with Crippen molar-refractivity contribution in [3.8, 4) is 56.4 Å². The molecule has 0 amide bonds. The van der Waals surface area contributed by atoms with Crippen LogP contribution in [0, 0.1) is 0 Å². The first-order valence-corrected chi connectivity index (χ1v) is 19.6. The van der Waals surface area contributed by atoms with Crippen LogP contribution >= 0.6 is 0 Å². The maximum atomic E-state index is 5.08. The Labute approximate surface area is 330 Å². The molecule has 0 saturated carbocycles. The number of nitrogens with zero attached hydrogens (tertiary/aromatic N) is 5. The number of imidazole rings is 2. The molecule has 0 N–H and O–H groups in total. The van der Waals surface area contributed by atoms with Crippen molar-refractivity contribution >= 4 is 43.9 Å². The molecule has 270 valence electrons. The van der Waals surface area contributed by atoms with Gasteiger partial charge >= 0.3 is 0 Å². The van der Waals surface area contributed by atoms with E-state index < -0.39 is 0 Å². The molecule has 0 fully saturated rings. The van der Waals surface area contributed by atoms with E-state index in [2.05, 4.69) is 203 Å². The largest absolute Gasteiger partial charge is 0.341 e. The molecule has 3 aromatic heterocycles. The van der Waals surface area contributed by atoms with Crippen molar-refractivity contribution in [1.82, 2.24) is 23.7 Å². The zero-order valence-electron chi connectivity index (χ0n) is 31.4. The van der Waals surface area contributed by atoms with Gasteiger partial charge in [0, 0.05) is 50.9 Å². The second-order valence-corrected chi connectivity index (χ2v) is 14.6. The van der Waals surface area contributed by atoms with Gasteiger partial charge in [0.15, 0.2) is 0 Å². The van der Waals surface area contributed by atoms with Crippen LogP contribution in [0.4, 0.5) is 0 Å². The van der Waals surface area contributed by atoms with Gasteiger partial charge in [0.1, 0.15) is 11.6 Å². The summed E-state index contributed by atoms with van der Waals surface area (Å²) in [6.07, 6.45) is 0. The summed E-state index contributed by atoms with van der Waals surface area (Å²) in [6.45, 7) is 3.12. The Morgan fingerprint density at radius 1 is 0.351 bits per heavy atom. The number of aromatic nitrogens is 5. The third-order valence-electron chi connectivity index (χ3n) is 11.3. The van der Waals surface area contributed by atoms with Crippen LogP contribution in [0.15, 0.2) is 194 Å². The van der Waals surface area contributed by atoms with Gasteiger partial charge in [0.25, 0.3) is 0 Å². The summed E-state index contributed by atoms with van der Waals surface area (Å²) in [5, 5.41) is 2.52. The molecule has 11 rings (SSSR count). The lowest BCUT2D eigenvalue weighted by molar-refractivity contribution is 0.827. The zero-order chi connectivity index (χ0) is 37.9. The number of rotatable bonds is 7. The SMILES string of the molecule is CCn1c2ccc(-c3ccc(-c4nc5ccccc5n4-c4ccccc4)cc3)cc2c2cc(-c3ccc(-c4nc5ccccc5n4-c4ccccc4)cc3)ccc21. The van der Waals surface area contributed by atoms with Crippen molar-refractivity contribution in [3.63, 3.8) is 0 Å². The smallest absolute Gasteiger partial charge is 0.145 e. The molecule has 0 spiro atoms. The molecule has 0 bridgehead atoms. The van der Waals surface area contributed by atoms with Crippen molar-refractivity contribution in [2.24, 2.45) is 0 Å². The minimum absolute atomic E-state index is 0.896. The fraction of sp³-hybridized carbons (Fsp3) is 0.0385. The summed E-state index contributed by atoms with van der Waals surface area (Å²) in [6, 6.07) is 69.1. The van der Waals surface area contributed by atoms with Gasteiger partial charge in [-0.05, 0) is 102 Å². The predicted octanol–water partition coefficient (Wildman–Crippen LogP) is 13.2. The van der Waals surface area contributed by atoms with Gasteiger partial charge in [0.05, 0.1) is 22.1 Å². The van der Waals surface area contributed by atoms with Crippen LogP contribution < -0.4 is 0 Å². The summed E-state index contributed by atoms with van der Waals surface area (Å²) in [7, 11) is 0. The standard InChI is InChI=1S/C52H37N5/c1-2-55-47-31-29-39(35-21-25-37(26-22-35)51-53-45-17-9-11-19-49(45)56(51)41-13-5-3-6-14-41)33-43(47)44-34-40(30-32-48(44)55)36-23-27-38(28-24-36)52-54-46-18-10-12-20-50(46)57(52)42-15-7-4-8-16-42/h3-34H,2H2,1H3. The summed E-state index contributed by atoms with van der Waals surface area (Å²) in [5.41, 5.74) is 15.7. The molecule has 0 saturated heterocycles. The quantitative estimate of drug-likeness (QED) is 0.164. The maximum absolute atomic E-state index is 5.08. The second-order valence-electron chi connectivity index (χ2n) is 14.6. The molecular weight excluding hydrogens is 695 g/mol. The molecule has 0 unspecified atom stereocenters. The lowest BCUT2D eigenvalue weighted by atomic mass is 9.99.